The zero-order valence-electron chi connectivity index (χ0n) is 27.4. The molecule has 0 saturated carbocycles. The van der Waals surface area contributed by atoms with Gasteiger partial charge in [-0.05, 0) is 71.3 Å². The first-order valence-corrected chi connectivity index (χ1v) is 16.6. The summed E-state index contributed by atoms with van der Waals surface area (Å²) in [5, 5.41) is 0. The van der Waals surface area contributed by atoms with Crippen LogP contribution in [0.3, 0.4) is 0 Å². The molecule has 0 fully saturated rings. The van der Waals surface area contributed by atoms with Crippen LogP contribution in [0.15, 0.2) is 182 Å². The maximum atomic E-state index is 2.33. The Morgan fingerprint density at radius 3 is 0.816 bits per heavy atom. The van der Waals surface area contributed by atoms with Gasteiger partial charge in [0.2, 0.25) is 0 Å². The van der Waals surface area contributed by atoms with E-state index in [0.29, 0.717) is 0 Å². The van der Waals surface area contributed by atoms with Gasteiger partial charge in [-0.25, -0.2) is 0 Å². The number of hydrogen-bond donors (Lipinski definition) is 0. The molecule has 9 rings (SSSR count). The first-order valence-electron chi connectivity index (χ1n) is 16.6. The van der Waals surface area contributed by atoms with Gasteiger partial charge in [0.05, 0.1) is 0 Å². The Morgan fingerprint density at radius 2 is 0.531 bits per heavy atom. The van der Waals surface area contributed by atoms with Crippen molar-refractivity contribution in [3.8, 4) is 0 Å². The van der Waals surface area contributed by atoms with Crippen molar-refractivity contribution in [1.82, 2.24) is 0 Å². The quantitative estimate of drug-likeness (QED) is 0.168. The Morgan fingerprint density at radius 1 is 0.286 bits per heavy atom. The SMILES string of the molecule is C1=Cc2ccccc2N(c2ccccc2)C1.C1=Cc2ccccc2N(c2ccccc2)C1.C1=Cc2ccccc2N(c2ccccc2)C1.[Ru+3]. The van der Waals surface area contributed by atoms with Crippen molar-refractivity contribution in [2.75, 3.05) is 34.3 Å². The standard InChI is InChI=1S/3C15H13N.Ru/c3*1-2-9-14(10-3-1)16-12-6-8-13-7-4-5-11-15(13)16;/h3*1-11H,12H2;/q;;;+3. The Labute approximate surface area is 303 Å². The average molecular weight is 723 g/mol. The molecule has 0 bridgehead atoms. The van der Waals surface area contributed by atoms with Gasteiger partial charge in [0.1, 0.15) is 0 Å². The molecule has 4 heteroatoms. The Hall–Kier alpha value is -5.44. The number of benzene rings is 6. The van der Waals surface area contributed by atoms with E-state index >= 15 is 0 Å². The topological polar surface area (TPSA) is 9.72 Å². The largest absolute Gasteiger partial charge is 3.00 e. The molecule has 6 aromatic carbocycles. The van der Waals surface area contributed by atoms with E-state index < -0.39 is 0 Å². The Bertz CT molecular complexity index is 1780. The van der Waals surface area contributed by atoms with Gasteiger partial charge >= 0.3 is 19.5 Å². The summed E-state index contributed by atoms with van der Waals surface area (Å²) in [4.78, 5) is 6.99. The van der Waals surface area contributed by atoms with Crippen LogP contribution in [0.25, 0.3) is 18.2 Å². The molecule has 0 atom stereocenters. The number of para-hydroxylation sites is 6. The third-order valence-electron chi connectivity index (χ3n) is 8.64. The molecule has 0 saturated heterocycles. The molecule has 0 spiro atoms. The fourth-order valence-electron chi connectivity index (χ4n) is 6.33. The fraction of sp³-hybridized carbons (Fsp3) is 0.0667. The molecule has 0 aromatic heterocycles. The molecule has 49 heavy (non-hydrogen) atoms. The molecule has 3 aliphatic rings. The van der Waals surface area contributed by atoms with Crippen LogP contribution in [-0.4, -0.2) is 19.6 Å². The van der Waals surface area contributed by atoms with Crippen molar-refractivity contribution in [1.29, 1.82) is 0 Å². The summed E-state index contributed by atoms with van der Waals surface area (Å²) in [6.45, 7) is 2.84. The number of nitrogens with zero attached hydrogens (tertiary/aromatic N) is 3. The molecule has 3 aliphatic heterocycles. The second kappa shape index (κ2) is 16.6. The minimum Gasteiger partial charge on any atom is -0.337 e. The molecule has 0 N–H and O–H groups in total. The second-order valence-electron chi connectivity index (χ2n) is 11.7. The van der Waals surface area contributed by atoms with Crippen LogP contribution in [0.2, 0.25) is 0 Å². The summed E-state index contributed by atoms with van der Waals surface area (Å²) in [5.74, 6) is 0. The summed E-state index contributed by atoms with van der Waals surface area (Å²) in [6.07, 6.45) is 13.2. The third kappa shape index (κ3) is 8.00. The van der Waals surface area contributed by atoms with Gasteiger partial charge in [-0.3, -0.25) is 0 Å². The number of anilines is 6. The summed E-state index contributed by atoms with van der Waals surface area (Å²) >= 11 is 0. The molecule has 6 aromatic rings. The maximum Gasteiger partial charge on any atom is 3.00 e. The second-order valence-corrected chi connectivity index (χ2v) is 11.7. The maximum absolute atomic E-state index is 2.33. The van der Waals surface area contributed by atoms with Gasteiger partial charge in [-0.2, -0.15) is 0 Å². The van der Waals surface area contributed by atoms with Gasteiger partial charge in [-0.15, -0.1) is 0 Å². The fourth-order valence-corrected chi connectivity index (χ4v) is 6.33. The van der Waals surface area contributed by atoms with Gasteiger partial charge in [0, 0.05) is 53.8 Å². The molecule has 1 radical (unpaired) electrons. The van der Waals surface area contributed by atoms with E-state index in [0.717, 1.165) is 19.6 Å². The summed E-state index contributed by atoms with van der Waals surface area (Å²) < 4.78 is 0. The zero-order chi connectivity index (χ0) is 32.4. The number of rotatable bonds is 3. The molecule has 239 valence electrons. The van der Waals surface area contributed by atoms with E-state index in [1.807, 2.05) is 0 Å². The van der Waals surface area contributed by atoms with Crippen molar-refractivity contribution in [2.45, 2.75) is 0 Å². The van der Waals surface area contributed by atoms with Crippen LogP contribution >= 0.6 is 0 Å². The van der Waals surface area contributed by atoms with Crippen LogP contribution < -0.4 is 14.7 Å². The third-order valence-corrected chi connectivity index (χ3v) is 8.64. The van der Waals surface area contributed by atoms with Gasteiger partial charge in [0.25, 0.3) is 0 Å². The van der Waals surface area contributed by atoms with Crippen LogP contribution in [0.1, 0.15) is 16.7 Å². The molecule has 0 unspecified atom stereocenters. The predicted octanol–water partition coefficient (Wildman–Crippen LogP) is 11.6. The minimum atomic E-state index is 0. The van der Waals surface area contributed by atoms with Crippen LogP contribution in [0, 0.1) is 0 Å². The van der Waals surface area contributed by atoms with Crippen LogP contribution in [-0.2, 0) is 19.5 Å². The minimum absolute atomic E-state index is 0. The molecule has 3 heterocycles. The Kier molecular flexibility index (Phi) is 11.3. The van der Waals surface area contributed by atoms with Gasteiger partial charge in [-0.1, -0.05) is 146 Å². The van der Waals surface area contributed by atoms with Crippen molar-refractivity contribution in [3.63, 3.8) is 0 Å². The molecule has 0 amide bonds. The van der Waals surface area contributed by atoms with E-state index in [2.05, 4.69) is 215 Å². The molecule has 3 nitrogen and oxygen atoms in total. The van der Waals surface area contributed by atoms with Crippen molar-refractivity contribution in [2.24, 2.45) is 0 Å². The number of fused-ring (bicyclic) bond motifs is 3. The average Bonchev–Trinajstić information content (AvgIpc) is 3.19. The molecular formula is C45H39N3Ru+3. The van der Waals surface area contributed by atoms with E-state index in [-0.39, 0.29) is 19.5 Å². The molecule has 0 aliphatic carbocycles. The monoisotopic (exact) mass is 723 g/mol. The summed E-state index contributed by atoms with van der Waals surface area (Å²) in [6, 6.07) is 57.0. The van der Waals surface area contributed by atoms with Gasteiger partial charge in [0.15, 0.2) is 0 Å². The van der Waals surface area contributed by atoms with Gasteiger partial charge < -0.3 is 14.7 Å². The Balaban J connectivity index is 0.000000126. The van der Waals surface area contributed by atoms with E-state index in [1.54, 1.807) is 0 Å². The van der Waals surface area contributed by atoms with Crippen LogP contribution in [0.4, 0.5) is 34.1 Å². The van der Waals surface area contributed by atoms with Crippen molar-refractivity contribution < 1.29 is 19.5 Å². The predicted molar refractivity (Wildman–Crippen MR) is 207 cm³/mol. The van der Waals surface area contributed by atoms with E-state index in [9.17, 15) is 0 Å². The van der Waals surface area contributed by atoms with Crippen molar-refractivity contribution in [3.05, 3.63) is 199 Å². The first kappa shape index (κ1) is 33.5. The summed E-state index contributed by atoms with van der Waals surface area (Å²) in [5.41, 5.74) is 11.5. The van der Waals surface area contributed by atoms with E-state index in [4.69, 9.17) is 0 Å². The summed E-state index contributed by atoms with van der Waals surface area (Å²) in [7, 11) is 0. The van der Waals surface area contributed by atoms with E-state index in [1.165, 1.54) is 50.8 Å². The molecular weight excluding hydrogens is 684 g/mol. The zero-order valence-corrected chi connectivity index (χ0v) is 29.1. The van der Waals surface area contributed by atoms with Crippen LogP contribution in [0.5, 0.6) is 0 Å². The number of hydrogen-bond acceptors (Lipinski definition) is 3. The smallest absolute Gasteiger partial charge is 0.337 e. The normalized spacial score (nSPS) is 13.3. The van der Waals surface area contributed by atoms with Crippen molar-refractivity contribution >= 4 is 52.4 Å². The first-order chi connectivity index (χ1) is 23.8.